The van der Waals surface area contributed by atoms with E-state index in [1.165, 1.54) is 0 Å². The topological polar surface area (TPSA) is 62.4 Å². The Balaban J connectivity index is 1.91. The molecule has 1 aromatic heterocycles. The van der Waals surface area contributed by atoms with Crippen LogP contribution in [-0.4, -0.2) is 29.4 Å². The molecule has 0 fully saturated rings. The predicted octanol–water partition coefficient (Wildman–Crippen LogP) is 4.29. The number of benzene rings is 2. The maximum absolute atomic E-state index is 13.1. The van der Waals surface area contributed by atoms with E-state index in [0.717, 1.165) is 29.3 Å². The van der Waals surface area contributed by atoms with E-state index >= 15 is 0 Å². The Morgan fingerprint density at radius 1 is 1.14 bits per heavy atom. The zero-order chi connectivity index (χ0) is 20.1. The van der Waals surface area contributed by atoms with Crippen LogP contribution in [0, 0.1) is 6.92 Å². The van der Waals surface area contributed by atoms with Crippen LogP contribution in [0.25, 0.3) is 10.9 Å². The molecule has 5 nitrogen and oxygen atoms in total. The summed E-state index contributed by atoms with van der Waals surface area (Å²) in [4.78, 5) is 30.4. The van der Waals surface area contributed by atoms with Crippen molar-refractivity contribution in [1.29, 1.82) is 0 Å². The zero-order valence-electron chi connectivity index (χ0n) is 16.6. The van der Waals surface area contributed by atoms with Crippen LogP contribution in [0.4, 0.5) is 0 Å². The monoisotopic (exact) mass is 378 g/mol. The molecule has 0 bridgehead atoms. The zero-order valence-corrected chi connectivity index (χ0v) is 16.6. The summed E-state index contributed by atoms with van der Waals surface area (Å²) < 4.78 is 5.17. The number of methoxy groups -OCH3 is 1. The van der Waals surface area contributed by atoms with E-state index in [0.29, 0.717) is 23.4 Å². The minimum Gasteiger partial charge on any atom is -0.497 e. The summed E-state index contributed by atoms with van der Waals surface area (Å²) in [5, 5.41) is 0.974. The first-order valence-electron chi connectivity index (χ1n) is 9.58. The molecule has 28 heavy (non-hydrogen) atoms. The van der Waals surface area contributed by atoms with E-state index in [9.17, 15) is 9.59 Å². The van der Waals surface area contributed by atoms with Gasteiger partial charge in [-0.2, -0.15) is 0 Å². The Labute approximate surface area is 165 Å². The predicted molar refractivity (Wildman–Crippen MR) is 112 cm³/mol. The molecule has 0 saturated carbocycles. The summed E-state index contributed by atoms with van der Waals surface area (Å²) >= 11 is 0. The Bertz CT molecular complexity index is 1020. The highest BCUT2D eigenvalue weighted by molar-refractivity contribution is 5.94. The number of rotatable bonds is 7. The third kappa shape index (κ3) is 4.25. The number of amides is 1. The number of nitrogens with zero attached hydrogens (tertiary/aromatic N) is 1. The van der Waals surface area contributed by atoms with Crippen molar-refractivity contribution >= 4 is 16.8 Å². The van der Waals surface area contributed by atoms with E-state index < -0.39 is 0 Å². The SMILES string of the molecule is CCCCN(Cc1cc2cccc(C)c2[nH]c1=O)C(=O)c1ccc(OC)cc1. The smallest absolute Gasteiger partial charge is 0.254 e. The second-order valence-electron chi connectivity index (χ2n) is 6.97. The fourth-order valence-corrected chi connectivity index (χ4v) is 3.27. The third-order valence-electron chi connectivity index (χ3n) is 4.93. The maximum Gasteiger partial charge on any atom is 0.254 e. The number of carbonyl (C=O) groups is 1. The maximum atomic E-state index is 13.1. The standard InChI is InChI=1S/C23H26N2O3/c1-4-5-13-25(23(27)17-9-11-20(28-3)12-10-17)15-19-14-18-8-6-7-16(2)21(18)24-22(19)26/h6-12,14H,4-5,13,15H2,1-3H3,(H,24,26). The number of carbonyl (C=O) groups excluding carboxylic acids is 1. The molecule has 1 N–H and O–H groups in total. The van der Waals surface area contributed by atoms with E-state index in [1.54, 1.807) is 36.3 Å². The number of aromatic amines is 1. The van der Waals surface area contributed by atoms with Gasteiger partial charge in [0.2, 0.25) is 0 Å². The molecule has 0 unspecified atom stereocenters. The number of hydrogen-bond acceptors (Lipinski definition) is 3. The van der Waals surface area contributed by atoms with Gasteiger partial charge in [-0.15, -0.1) is 0 Å². The Morgan fingerprint density at radius 3 is 2.57 bits per heavy atom. The number of aromatic nitrogens is 1. The number of unbranched alkanes of at least 4 members (excludes halogenated alkanes) is 1. The molecular weight excluding hydrogens is 352 g/mol. The van der Waals surface area contributed by atoms with Crippen molar-refractivity contribution < 1.29 is 9.53 Å². The average molecular weight is 378 g/mol. The Kier molecular flexibility index (Phi) is 6.14. The van der Waals surface area contributed by atoms with Crippen molar-refractivity contribution in [3.05, 3.63) is 75.6 Å². The molecule has 5 heteroatoms. The number of H-pyrrole nitrogens is 1. The molecule has 0 atom stereocenters. The van der Waals surface area contributed by atoms with Crippen molar-refractivity contribution in [3.63, 3.8) is 0 Å². The van der Waals surface area contributed by atoms with Crippen molar-refractivity contribution in [2.45, 2.75) is 33.2 Å². The summed E-state index contributed by atoms with van der Waals surface area (Å²) in [6, 6.07) is 14.9. The minimum absolute atomic E-state index is 0.0835. The van der Waals surface area contributed by atoms with E-state index in [4.69, 9.17) is 4.74 Å². The van der Waals surface area contributed by atoms with E-state index in [1.807, 2.05) is 31.2 Å². The van der Waals surface area contributed by atoms with Gasteiger partial charge in [0.05, 0.1) is 19.2 Å². The molecule has 3 rings (SSSR count). The molecule has 0 aliphatic heterocycles. The highest BCUT2D eigenvalue weighted by Gasteiger charge is 2.18. The van der Waals surface area contributed by atoms with Crippen molar-refractivity contribution in [2.75, 3.05) is 13.7 Å². The highest BCUT2D eigenvalue weighted by atomic mass is 16.5. The van der Waals surface area contributed by atoms with Crippen LogP contribution in [0.15, 0.2) is 53.3 Å². The number of hydrogen-bond donors (Lipinski definition) is 1. The lowest BCUT2D eigenvalue weighted by molar-refractivity contribution is 0.0740. The van der Waals surface area contributed by atoms with Gasteiger partial charge >= 0.3 is 0 Å². The molecule has 0 radical (unpaired) electrons. The Morgan fingerprint density at radius 2 is 1.89 bits per heavy atom. The molecular formula is C23H26N2O3. The summed E-state index contributed by atoms with van der Waals surface area (Å²) in [5.74, 6) is 0.623. The molecule has 0 spiro atoms. The first-order chi connectivity index (χ1) is 13.5. The first-order valence-corrected chi connectivity index (χ1v) is 9.58. The van der Waals surface area contributed by atoms with Gasteiger partial charge in [0, 0.05) is 17.7 Å². The first kappa shape index (κ1) is 19.7. The van der Waals surface area contributed by atoms with E-state index in [-0.39, 0.29) is 18.0 Å². The van der Waals surface area contributed by atoms with Crippen LogP contribution in [-0.2, 0) is 6.54 Å². The van der Waals surface area contributed by atoms with Gasteiger partial charge < -0.3 is 14.6 Å². The van der Waals surface area contributed by atoms with Crippen LogP contribution in [0.5, 0.6) is 5.75 Å². The van der Waals surface area contributed by atoms with Crippen LogP contribution >= 0.6 is 0 Å². The minimum atomic E-state index is -0.147. The summed E-state index contributed by atoms with van der Waals surface area (Å²) in [6.45, 7) is 4.94. The lowest BCUT2D eigenvalue weighted by atomic mass is 10.1. The molecule has 3 aromatic rings. The van der Waals surface area contributed by atoms with E-state index in [2.05, 4.69) is 11.9 Å². The van der Waals surface area contributed by atoms with Gasteiger partial charge in [-0.25, -0.2) is 0 Å². The number of pyridine rings is 1. The van der Waals surface area contributed by atoms with Crippen LogP contribution in [0.1, 0.15) is 41.3 Å². The number of ether oxygens (including phenoxy) is 1. The molecule has 1 heterocycles. The largest absolute Gasteiger partial charge is 0.497 e. The molecule has 146 valence electrons. The molecule has 0 aliphatic rings. The fraction of sp³-hybridized carbons (Fsp3) is 0.304. The second-order valence-corrected chi connectivity index (χ2v) is 6.97. The van der Waals surface area contributed by atoms with Gasteiger partial charge in [-0.3, -0.25) is 9.59 Å². The fourth-order valence-electron chi connectivity index (χ4n) is 3.27. The second kappa shape index (κ2) is 8.74. The summed E-state index contributed by atoms with van der Waals surface area (Å²) in [7, 11) is 1.60. The van der Waals surface area contributed by atoms with Crippen LogP contribution in [0.2, 0.25) is 0 Å². The van der Waals surface area contributed by atoms with Crippen LogP contribution in [0.3, 0.4) is 0 Å². The Hall–Kier alpha value is -3.08. The van der Waals surface area contributed by atoms with Gasteiger partial charge in [0.25, 0.3) is 11.5 Å². The molecule has 0 aliphatic carbocycles. The number of aryl methyl sites for hydroxylation is 1. The van der Waals surface area contributed by atoms with Crippen molar-refractivity contribution in [2.24, 2.45) is 0 Å². The van der Waals surface area contributed by atoms with Crippen molar-refractivity contribution in [1.82, 2.24) is 9.88 Å². The quantitative estimate of drug-likeness (QED) is 0.667. The lowest BCUT2D eigenvalue weighted by Crippen LogP contribution is -2.33. The van der Waals surface area contributed by atoms with Crippen molar-refractivity contribution in [3.8, 4) is 5.75 Å². The summed E-state index contributed by atoms with van der Waals surface area (Å²) in [5.41, 5.74) is 2.91. The van der Waals surface area contributed by atoms with Gasteiger partial charge in [-0.1, -0.05) is 31.5 Å². The number of fused-ring (bicyclic) bond motifs is 1. The van der Waals surface area contributed by atoms with Gasteiger partial charge in [-0.05, 0) is 54.6 Å². The van der Waals surface area contributed by atoms with Gasteiger partial charge in [0.15, 0.2) is 0 Å². The molecule has 0 saturated heterocycles. The molecule has 1 amide bonds. The average Bonchev–Trinajstić information content (AvgIpc) is 2.71. The molecule has 2 aromatic carbocycles. The van der Waals surface area contributed by atoms with Crippen LogP contribution < -0.4 is 10.3 Å². The highest BCUT2D eigenvalue weighted by Crippen LogP contribution is 2.18. The lowest BCUT2D eigenvalue weighted by Gasteiger charge is -2.23. The number of para-hydroxylation sites is 1. The number of nitrogens with one attached hydrogen (secondary N) is 1. The third-order valence-corrected chi connectivity index (χ3v) is 4.93. The summed E-state index contributed by atoms with van der Waals surface area (Å²) in [6.07, 6.45) is 1.85. The van der Waals surface area contributed by atoms with Gasteiger partial charge in [0.1, 0.15) is 5.75 Å². The normalized spacial score (nSPS) is 10.8.